The van der Waals surface area contributed by atoms with Crippen molar-refractivity contribution in [2.24, 2.45) is 5.73 Å². The van der Waals surface area contributed by atoms with Gasteiger partial charge in [0.05, 0.1) is 5.41 Å². The summed E-state index contributed by atoms with van der Waals surface area (Å²) >= 11 is 5.58. The van der Waals surface area contributed by atoms with Crippen molar-refractivity contribution < 1.29 is 13.2 Å². The van der Waals surface area contributed by atoms with Gasteiger partial charge in [-0.15, -0.1) is 0 Å². The highest BCUT2D eigenvalue weighted by molar-refractivity contribution is 6.28. The standard InChI is InChI=1S/C9H10ClF2NO/c10-7-2-1-6(14-7)8(5-13)3-9(11,12)4-8/h1-2H,3-5,13H2. The van der Waals surface area contributed by atoms with Crippen molar-refractivity contribution in [2.45, 2.75) is 24.2 Å². The lowest BCUT2D eigenvalue weighted by molar-refractivity contribution is -0.129. The summed E-state index contributed by atoms with van der Waals surface area (Å²) < 4.78 is 30.7. The van der Waals surface area contributed by atoms with Crippen LogP contribution in [0.2, 0.25) is 5.22 Å². The minimum Gasteiger partial charge on any atom is -0.449 e. The topological polar surface area (TPSA) is 39.2 Å². The first kappa shape index (κ1) is 9.93. The Bertz CT molecular complexity index is 342. The van der Waals surface area contributed by atoms with Crippen LogP contribution in [0, 0.1) is 0 Å². The minimum atomic E-state index is -2.61. The minimum absolute atomic E-state index is 0.159. The molecule has 78 valence electrons. The van der Waals surface area contributed by atoms with E-state index in [0.717, 1.165) is 0 Å². The molecule has 1 heterocycles. The number of alkyl halides is 2. The number of rotatable bonds is 2. The van der Waals surface area contributed by atoms with Crippen LogP contribution in [0.3, 0.4) is 0 Å². The Hall–Kier alpha value is -0.610. The largest absolute Gasteiger partial charge is 0.449 e. The fraction of sp³-hybridized carbons (Fsp3) is 0.556. The van der Waals surface area contributed by atoms with Gasteiger partial charge in [-0.05, 0) is 23.7 Å². The van der Waals surface area contributed by atoms with Gasteiger partial charge in [0.2, 0.25) is 5.92 Å². The Labute approximate surface area is 85.0 Å². The third-order valence-corrected chi connectivity index (χ3v) is 2.88. The van der Waals surface area contributed by atoms with Crippen molar-refractivity contribution >= 4 is 11.6 Å². The molecule has 14 heavy (non-hydrogen) atoms. The number of hydrogen-bond donors (Lipinski definition) is 1. The third-order valence-electron chi connectivity index (χ3n) is 2.68. The Morgan fingerprint density at radius 1 is 1.43 bits per heavy atom. The number of halogens is 3. The van der Waals surface area contributed by atoms with Crippen molar-refractivity contribution in [1.29, 1.82) is 0 Å². The van der Waals surface area contributed by atoms with Gasteiger partial charge in [-0.3, -0.25) is 0 Å². The van der Waals surface area contributed by atoms with E-state index in [1.54, 1.807) is 12.1 Å². The molecule has 2 N–H and O–H groups in total. The van der Waals surface area contributed by atoms with E-state index in [1.165, 1.54) is 0 Å². The van der Waals surface area contributed by atoms with Gasteiger partial charge in [0, 0.05) is 19.4 Å². The van der Waals surface area contributed by atoms with E-state index in [1.807, 2.05) is 0 Å². The van der Waals surface area contributed by atoms with Crippen LogP contribution in [0.4, 0.5) is 8.78 Å². The molecule has 0 amide bonds. The van der Waals surface area contributed by atoms with Gasteiger partial charge in [-0.1, -0.05) is 0 Å². The van der Waals surface area contributed by atoms with Crippen LogP contribution in [0.5, 0.6) is 0 Å². The Morgan fingerprint density at radius 3 is 2.43 bits per heavy atom. The molecule has 5 heteroatoms. The summed E-state index contributed by atoms with van der Waals surface area (Å²) in [5.41, 5.74) is 4.78. The fourth-order valence-corrected chi connectivity index (χ4v) is 2.10. The summed E-state index contributed by atoms with van der Waals surface area (Å²) in [6.45, 7) is 0.159. The first-order valence-corrected chi connectivity index (χ1v) is 4.69. The molecule has 1 aromatic heterocycles. The maximum atomic E-state index is 12.8. The molecule has 0 saturated heterocycles. The SMILES string of the molecule is NCC1(c2ccc(Cl)o2)CC(F)(F)C1. The van der Waals surface area contributed by atoms with Crippen molar-refractivity contribution in [3.05, 3.63) is 23.1 Å². The summed E-state index contributed by atoms with van der Waals surface area (Å²) in [5.74, 6) is -2.14. The predicted octanol–water partition coefficient (Wildman–Crippen LogP) is 2.56. The van der Waals surface area contributed by atoms with Crippen LogP contribution in [-0.2, 0) is 5.41 Å². The fourth-order valence-electron chi connectivity index (χ4n) is 1.96. The molecule has 0 aliphatic heterocycles. The van der Waals surface area contributed by atoms with Gasteiger partial charge in [0.15, 0.2) is 5.22 Å². The van der Waals surface area contributed by atoms with E-state index >= 15 is 0 Å². The van der Waals surface area contributed by atoms with Crippen LogP contribution >= 0.6 is 11.6 Å². The molecule has 0 unspecified atom stereocenters. The number of furan rings is 1. The van der Waals surface area contributed by atoms with Crippen LogP contribution in [0.1, 0.15) is 18.6 Å². The summed E-state index contributed by atoms with van der Waals surface area (Å²) in [5, 5.41) is 0.211. The maximum absolute atomic E-state index is 12.8. The highest BCUT2D eigenvalue weighted by atomic mass is 35.5. The van der Waals surface area contributed by atoms with Crippen LogP contribution in [0.15, 0.2) is 16.5 Å². The summed E-state index contributed by atoms with van der Waals surface area (Å²) in [6, 6.07) is 3.16. The Balaban J connectivity index is 2.24. The highest BCUT2D eigenvalue weighted by Crippen LogP contribution is 2.53. The quantitative estimate of drug-likeness (QED) is 0.834. The van der Waals surface area contributed by atoms with Gasteiger partial charge in [0.25, 0.3) is 0 Å². The van der Waals surface area contributed by atoms with Crippen molar-refractivity contribution in [2.75, 3.05) is 6.54 Å². The molecule has 0 aromatic carbocycles. The third kappa shape index (κ3) is 1.42. The second-order valence-corrected chi connectivity index (χ2v) is 4.17. The van der Waals surface area contributed by atoms with E-state index in [4.69, 9.17) is 21.8 Å². The van der Waals surface area contributed by atoms with E-state index in [0.29, 0.717) is 5.76 Å². The van der Waals surface area contributed by atoms with Crippen molar-refractivity contribution in [3.8, 4) is 0 Å². The van der Waals surface area contributed by atoms with E-state index in [-0.39, 0.29) is 24.6 Å². The molecule has 0 bridgehead atoms. The monoisotopic (exact) mass is 221 g/mol. The van der Waals surface area contributed by atoms with Crippen LogP contribution < -0.4 is 5.73 Å². The zero-order chi connectivity index (χ0) is 10.4. The lowest BCUT2D eigenvalue weighted by Gasteiger charge is -2.45. The smallest absolute Gasteiger partial charge is 0.250 e. The average molecular weight is 222 g/mol. The van der Waals surface area contributed by atoms with Gasteiger partial charge < -0.3 is 10.2 Å². The molecular formula is C9H10ClF2NO. The molecule has 1 aliphatic rings. The van der Waals surface area contributed by atoms with Gasteiger partial charge in [-0.2, -0.15) is 0 Å². The molecule has 0 radical (unpaired) electrons. The second-order valence-electron chi connectivity index (χ2n) is 3.80. The van der Waals surface area contributed by atoms with E-state index in [2.05, 4.69) is 0 Å². The Kier molecular flexibility index (Phi) is 2.08. The summed E-state index contributed by atoms with van der Waals surface area (Å²) in [4.78, 5) is 0. The zero-order valence-corrected chi connectivity index (χ0v) is 8.15. The van der Waals surface area contributed by atoms with E-state index in [9.17, 15) is 8.78 Å². The molecule has 1 saturated carbocycles. The van der Waals surface area contributed by atoms with Crippen molar-refractivity contribution in [1.82, 2.24) is 0 Å². The Morgan fingerprint density at radius 2 is 2.07 bits per heavy atom. The lowest BCUT2D eigenvalue weighted by atomic mass is 9.64. The van der Waals surface area contributed by atoms with Gasteiger partial charge in [-0.25, -0.2) is 8.78 Å². The molecule has 1 aromatic rings. The summed E-state index contributed by atoms with van der Waals surface area (Å²) in [6.07, 6.45) is -0.499. The lowest BCUT2D eigenvalue weighted by Crippen LogP contribution is -2.53. The number of hydrogen-bond acceptors (Lipinski definition) is 2. The average Bonchev–Trinajstić information content (AvgIpc) is 2.47. The van der Waals surface area contributed by atoms with Gasteiger partial charge in [0.1, 0.15) is 5.76 Å². The molecule has 2 nitrogen and oxygen atoms in total. The molecular weight excluding hydrogens is 212 g/mol. The molecule has 2 rings (SSSR count). The second kappa shape index (κ2) is 2.94. The molecule has 0 spiro atoms. The maximum Gasteiger partial charge on any atom is 0.250 e. The molecule has 0 atom stereocenters. The first-order valence-electron chi connectivity index (χ1n) is 4.31. The number of nitrogens with two attached hydrogens (primary N) is 1. The zero-order valence-electron chi connectivity index (χ0n) is 7.40. The van der Waals surface area contributed by atoms with Gasteiger partial charge >= 0.3 is 0 Å². The first-order chi connectivity index (χ1) is 6.47. The van der Waals surface area contributed by atoms with E-state index < -0.39 is 11.3 Å². The highest BCUT2D eigenvalue weighted by Gasteiger charge is 2.58. The molecule has 1 aliphatic carbocycles. The van der Waals surface area contributed by atoms with Crippen molar-refractivity contribution in [3.63, 3.8) is 0 Å². The predicted molar refractivity (Wildman–Crippen MR) is 48.6 cm³/mol. The normalized spacial score (nSPS) is 23.1. The van der Waals surface area contributed by atoms with Crippen LogP contribution in [-0.4, -0.2) is 12.5 Å². The summed E-state index contributed by atoms with van der Waals surface area (Å²) in [7, 11) is 0. The molecule has 1 fully saturated rings. The van der Waals surface area contributed by atoms with Crippen LogP contribution in [0.25, 0.3) is 0 Å².